The summed E-state index contributed by atoms with van der Waals surface area (Å²) in [6.07, 6.45) is 0.873. The SMILES string of the molecule is Cc1nc(NCCc2cccc(Cl)c2)cc(Nc2ccc(N(C)C)cc2)n1. The largest absolute Gasteiger partial charge is 0.378 e. The van der Waals surface area contributed by atoms with E-state index in [-0.39, 0.29) is 0 Å². The molecule has 0 saturated heterocycles. The molecule has 0 amide bonds. The summed E-state index contributed by atoms with van der Waals surface area (Å²) >= 11 is 6.03. The number of benzene rings is 2. The topological polar surface area (TPSA) is 53.1 Å². The van der Waals surface area contributed by atoms with Crippen molar-refractivity contribution in [1.82, 2.24) is 9.97 Å². The lowest BCUT2D eigenvalue weighted by Gasteiger charge is -2.14. The van der Waals surface area contributed by atoms with Crippen LogP contribution in [0.2, 0.25) is 5.02 Å². The molecule has 3 aromatic rings. The Morgan fingerprint density at radius 1 is 0.963 bits per heavy atom. The maximum Gasteiger partial charge on any atom is 0.136 e. The quantitative estimate of drug-likeness (QED) is 0.609. The molecule has 0 fully saturated rings. The minimum absolute atomic E-state index is 0.718. The molecule has 2 N–H and O–H groups in total. The molecule has 2 aromatic carbocycles. The third-order valence-corrected chi connectivity index (χ3v) is 4.34. The normalized spacial score (nSPS) is 10.5. The molecule has 0 aliphatic rings. The summed E-state index contributed by atoms with van der Waals surface area (Å²) in [6, 6.07) is 18.1. The fraction of sp³-hybridized carbons (Fsp3) is 0.238. The van der Waals surface area contributed by atoms with Crippen LogP contribution < -0.4 is 15.5 Å². The molecule has 0 aliphatic carbocycles. The molecular weight excluding hydrogens is 358 g/mol. The number of nitrogens with zero attached hydrogens (tertiary/aromatic N) is 3. The Balaban J connectivity index is 1.63. The van der Waals surface area contributed by atoms with Gasteiger partial charge in [0, 0.05) is 43.1 Å². The molecule has 5 nitrogen and oxygen atoms in total. The molecule has 140 valence electrons. The van der Waals surface area contributed by atoms with Crippen molar-refractivity contribution in [1.29, 1.82) is 0 Å². The molecule has 1 heterocycles. The highest BCUT2D eigenvalue weighted by atomic mass is 35.5. The second-order valence-electron chi connectivity index (χ2n) is 6.56. The van der Waals surface area contributed by atoms with Crippen LogP contribution in [0.15, 0.2) is 54.6 Å². The van der Waals surface area contributed by atoms with E-state index in [9.17, 15) is 0 Å². The van der Waals surface area contributed by atoms with Crippen LogP contribution in [0.4, 0.5) is 23.0 Å². The number of rotatable bonds is 7. The van der Waals surface area contributed by atoms with E-state index in [2.05, 4.69) is 43.7 Å². The van der Waals surface area contributed by atoms with Gasteiger partial charge in [-0.05, 0) is 55.3 Å². The Kier molecular flexibility index (Phi) is 6.14. The molecule has 0 radical (unpaired) electrons. The van der Waals surface area contributed by atoms with Gasteiger partial charge in [-0.25, -0.2) is 9.97 Å². The molecule has 6 heteroatoms. The summed E-state index contributed by atoms with van der Waals surface area (Å²) in [4.78, 5) is 11.0. The van der Waals surface area contributed by atoms with Crippen molar-refractivity contribution in [3.05, 3.63) is 71.0 Å². The Labute approximate surface area is 165 Å². The van der Waals surface area contributed by atoms with Crippen molar-refractivity contribution in [3.8, 4) is 0 Å². The van der Waals surface area contributed by atoms with Crippen molar-refractivity contribution in [2.24, 2.45) is 0 Å². The second-order valence-corrected chi connectivity index (χ2v) is 7.00. The van der Waals surface area contributed by atoms with Crippen LogP contribution >= 0.6 is 11.6 Å². The zero-order valence-corrected chi connectivity index (χ0v) is 16.6. The summed E-state index contributed by atoms with van der Waals surface area (Å²) in [6.45, 7) is 2.66. The van der Waals surface area contributed by atoms with Crippen molar-refractivity contribution in [2.75, 3.05) is 36.2 Å². The van der Waals surface area contributed by atoms with E-state index < -0.39 is 0 Å². The van der Waals surface area contributed by atoms with Gasteiger partial charge in [0.25, 0.3) is 0 Å². The highest BCUT2D eigenvalue weighted by Crippen LogP contribution is 2.20. The number of hydrogen-bond acceptors (Lipinski definition) is 5. The monoisotopic (exact) mass is 381 g/mol. The van der Waals surface area contributed by atoms with Crippen molar-refractivity contribution in [3.63, 3.8) is 0 Å². The van der Waals surface area contributed by atoms with E-state index in [4.69, 9.17) is 11.6 Å². The first-order valence-electron chi connectivity index (χ1n) is 8.88. The Morgan fingerprint density at radius 2 is 1.70 bits per heavy atom. The van der Waals surface area contributed by atoms with Gasteiger partial charge in [-0.1, -0.05) is 23.7 Å². The van der Waals surface area contributed by atoms with Crippen LogP contribution in [-0.2, 0) is 6.42 Å². The molecule has 1 aromatic heterocycles. The first kappa shape index (κ1) is 19.0. The minimum atomic E-state index is 0.718. The van der Waals surface area contributed by atoms with Crippen LogP contribution in [-0.4, -0.2) is 30.6 Å². The lowest BCUT2D eigenvalue weighted by Crippen LogP contribution is -2.09. The smallest absolute Gasteiger partial charge is 0.136 e. The predicted octanol–water partition coefficient (Wildman–Crippen LogP) is 4.90. The molecular formula is C21H24ClN5. The van der Waals surface area contributed by atoms with Crippen molar-refractivity contribution < 1.29 is 0 Å². The number of aromatic nitrogens is 2. The summed E-state index contributed by atoms with van der Waals surface area (Å²) in [7, 11) is 4.05. The number of nitrogens with one attached hydrogen (secondary N) is 2. The first-order chi connectivity index (χ1) is 13.0. The third-order valence-electron chi connectivity index (χ3n) is 4.10. The highest BCUT2D eigenvalue weighted by Gasteiger charge is 2.04. The lowest BCUT2D eigenvalue weighted by atomic mass is 10.1. The average molecular weight is 382 g/mol. The van der Waals surface area contributed by atoms with Crippen LogP contribution in [0.25, 0.3) is 0 Å². The van der Waals surface area contributed by atoms with Gasteiger partial charge in [-0.15, -0.1) is 0 Å². The van der Waals surface area contributed by atoms with Crippen LogP contribution in [0.1, 0.15) is 11.4 Å². The van der Waals surface area contributed by atoms with Gasteiger partial charge in [0.1, 0.15) is 17.5 Å². The maximum atomic E-state index is 6.03. The van der Waals surface area contributed by atoms with Gasteiger partial charge < -0.3 is 15.5 Å². The van der Waals surface area contributed by atoms with E-state index in [1.807, 2.05) is 57.4 Å². The molecule has 0 saturated carbocycles. The van der Waals surface area contributed by atoms with Crippen molar-refractivity contribution >= 4 is 34.6 Å². The third kappa shape index (κ3) is 5.59. The zero-order valence-electron chi connectivity index (χ0n) is 15.8. The molecule has 0 spiro atoms. The van der Waals surface area contributed by atoms with Crippen LogP contribution in [0.5, 0.6) is 0 Å². The van der Waals surface area contributed by atoms with E-state index in [1.165, 1.54) is 5.56 Å². The number of aryl methyl sites for hydroxylation is 1. The molecule has 0 atom stereocenters. The van der Waals surface area contributed by atoms with Gasteiger partial charge in [0.05, 0.1) is 0 Å². The molecule has 0 aliphatic heterocycles. The van der Waals surface area contributed by atoms with Crippen LogP contribution in [0.3, 0.4) is 0 Å². The van der Waals surface area contributed by atoms with Gasteiger partial charge >= 0.3 is 0 Å². The van der Waals surface area contributed by atoms with E-state index in [1.54, 1.807) is 0 Å². The maximum absolute atomic E-state index is 6.03. The Morgan fingerprint density at radius 3 is 2.41 bits per heavy atom. The summed E-state index contributed by atoms with van der Waals surface area (Å²) in [5.41, 5.74) is 3.34. The predicted molar refractivity (Wildman–Crippen MR) is 114 cm³/mol. The summed E-state index contributed by atoms with van der Waals surface area (Å²) in [5.74, 6) is 2.29. The Bertz CT molecular complexity index is 893. The molecule has 27 heavy (non-hydrogen) atoms. The Hall–Kier alpha value is -2.79. The van der Waals surface area contributed by atoms with Crippen molar-refractivity contribution in [2.45, 2.75) is 13.3 Å². The summed E-state index contributed by atoms with van der Waals surface area (Å²) in [5, 5.41) is 7.46. The standard InChI is InChI=1S/C21H24ClN5/c1-15-24-20(23-12-11-16-5-4-6-17(22)13-16)14-21(25-15)26-18-7-9-19(10-8-18)27(2)3/h4-10,13-14H,11-12H2,1-3H3,(H2,23,24,25,26). The first-order valence-corrected chi connectivity index (χ1v) is 9.26. The average Bonchev–Trinajstić information content (AvgIpc) is 2.62. The molecule has 0 unspecified atom stereocenters. The fourth-order valence-corrected chi connectivity index (χ4v) is 2.95. The number of anilines is 4. The molecule has 3 rings (SSSR count). The minimum Gasteiger partial charge on any atom is -0.378 e. The van der Waals surface area contributed by atoms with Gasteiger partial charge in [0.2, 0.25) is 0 Å². The summed E-state index contributed by atoms with van der Waals surface area (Å²) < 4.78 is 0. The van der Waals surface area contributed by atoms with E-state index in [0.717, 1.165) is 46.8 Å². The second kappa shape index (κ2) is 8.73. The van der Waals surface area contributed by atoms with E-state index >= 15 is 0 Å². The van der Waals surface area contributed by atoms with Gasteiger partial charge in [-0.3, -0.25) is 0 Å². The number of halogens is 1. The highest BCUT2D eigenvalue weighted by molar-refractivity contribution is 6.30. The molecule has 0 bridgehead atoms. The lowest BCUT2D eigenvalue weighted by molar-refractivity contribution is 0.983. The fourth-order valence-electron chi connectivity index (χ4n) is 2.74. The van der Waals surface area contributed by atoms with Crippen LogP contribution in [0, 0.1) is 6.92 Å². The van der Waals surface area contributed by atoms with Gasteiger partial charge in [-0.2, -0.15) is 0 Å². The zero-order chi connectivity index (χ0) is 19.2. The van der Waals surface area contributed by atoms with E-state index in [0.29, 0.717) is 0 Å². The number of hydrogen-bond donors (Lipinski definition) is 2. The van der Waals surface area contributed by atoms with Gasteiger partial charge in [0.15, 0.2) is 0 Å².